The number of aromatic nitrogens is 1. The molecule has 0 atom stereocenters. The van der Waals surface area contributed by atoms with Crippen LogP contribution in [0.25, 0.3) is 17.3 Å². The standard InChI is InChI=1S/C21H16N2O3S2/c1-2-12-4-3-5-16-14(11-22-18(12)16)10-17-19(24)23(21(27)28-17)15-8-6-13(7-9-15)20(25)26/h3-11,24H,2H2,1H3,(H,25,26)/b14-10+. The molecule has 0 fully saturated rings. The van der Waals surface area contributed by atoms with E-state index in [4.69, 9.17) is 17.3 Å². The van der Waals surface area contributed by atoms with E-state index in [0.29, 0.717) is 14.5 Å². The molecule has 0 aliphatic carbocycles. The Labute approximate surface area is 170 Å². The maximum Gasteiger partial charge on any atom is 0.335 e. The second-order valence-electron chi connectivity index (χ2n) is 6.27. The summed E-state index contributed by atoms with van der Waals surface area (Å²) in [5.41, 5.74) is 4.91. The third-order valence-corrected chi connectivity index (χ3v) is 5.93. The molecule has 0 spiro atoms. The molecule has 2 aromatic carbocycles. The molecule has 1 aliphatic rings. The van der Waals surface area contributed by atoms with Crippen molar-refractivity contribution in [2.45, 2.75) is 13.3 Å². The molecular formula is C21H16N2O3S2. The zero-order valence-corrected chi connectivity index (χ0v) is 16.5. The number of carboxylic acid groups (broad SMARTS) is 1. The second kappa shape index (κ2) is 7.18. The highest BCUT2D eigenvalue weighted by Gasteiger charge is 2.18. The zero-order chi connectivity index (χ0) is 19.8. The number of nitrogens with zero attached hydrogens (tertiary/aromatic N) is 2. The molecule has 7 heteroatoms. The first-order valence-electron chi connectivity index (χ1n) is 8.66. The number of hydrogen-bond donors (Lipinski definition) is 2. The monoisotopic (exact) mass is 408 g/mol. The highest BCUT2D eigenvalue weighted by Crippen LogP contribution is 2.38. The third-order valence-electron chi connectivity index (χ3n) is 4.62. The lowest BCUT2D eigenvalue weighted by Crippen LogP contribution is -1.98. The molecule has 2 heterocycles. The van der Waals surface area contributed by atoms with Crippen LogP contribution in [0.1, 0.15) is 33.3 Å². The van der Waals surface area contributed by atoms with Crippen LogP contribution in [0.5, 0.6) is 5.88 Å². The van der Waals surface area contributed by atoms with E-state index in [1.165, 1.54) is 33.6 Å². The first kappa shape index (κ1) is 18.3. The highest BCUT2D eigenvalue weighted by molar-refractivity contribution is 7.73. The molecule has 4 rings (SSSR count). The molecule has 1 aromatic heterocycles. The number of aliphatic imine (C=N–C) groups is 1. The van der Waals surface area contributed by atoms with Crippen molar-refractivity contribution in [2.24, 2.45) is 4.99 Å². The smallest absolute Gasteiger partial charge is 0.335 e. The average molecular weight is 409 g/mol. The van der Waals surface area contributed by atoms with Crippen molar-refractivity contribution < 1.29 is 15.0 Å². The van der Waals surface area contributed by atoms with Gasteiger partial charge in [-0.1, -0.05) is 25.1 Å². The van der Waals surface area contributed by atoms with Crippen LogP contribution >= 0.6 is 23.6 Å². The molecule has 140 valence electrons. The lowest BCUT2D eigenvalue weighted by atomic mass is 10.0. The lowest BCUT2D eigenvalue weighted by molar-refractivity contribution is 0.0697. The summed E-state index contributed by atoms with van der Waals surface area (Å²) in [6.07, 6.45) is 4.59. The van der Waals surface area contributed by atoms with Crippen LogP contribution in [0, 0.1) is 3.95 Å². The Kier molecular flexibility index (Phi) is 4.70. The number of aromatic carboxylic acids is 1. The van der Waals surface area contributed by atoms with Crippen molar-refractivity contribution in [2.75, 3.05) is 0 Å². The van der Waals surface area contributed by atoms with Gasteiger partial charge in [0.2, 0.25) is 5.88 Å². The molecule has 0 saturated carbocycles. The van der Waals surface area contributed by atoms with Gasteiger partial charge < -0.3 is 10.2 Å². The van der Waals surface area contributed by atoms with Crippen LogP contribution < -0.4 is 0 Å². The van der Waals surface area contributed by atoms with Gasteiger partial charge in [-0.3, -0.25) is 9.56 Å². The molecule has 1 aliphatic heterocycles. The van der Waals surface area contributed by atoms with Gasteiger partial charge in [0.05, 0.1) is 21.8 Å². The number of carbonyl (C=O) groups is 1. The van der Waals surface area contributed by atoms with Gasteiger partial charge in [0.1, 0.15) is 0 Å². The van der Waals surface area contributed by atoms with Crippen LogP contribution in [0.2, 0.25) is 0 Å². The Morgan fingerprint density at radius 3 is 2.68 bits per heavy atom. The number of allylic oxidation sites excluding steroid dienone is 1. The lowest BCUT2D eigenvalue weighted by Gasteiger charge is -2.06. The fourth-order valence-corrected chi connectivity index (χ4v) is 4.48. The molecule has 0 unspecified atom stereocenters. The maximum absolute atomic E-state index is 11.0. The number of rotatable bonds is 4. The number of hydrogen-bond acceptors (Lipinski definition) is 5. The number of fused-ring (bicyclic) bond motifs is 1. The van der Waals surface area contributed by atoms with Gasteiger partial charge >= 0.3 is 5.97 Å². The summed E-state index contributed by atoms with van der Waals surface area (Å²) in [6, 6.07) is 12.3. The molecule has 28 heavy (non-hydrogen) atoms. The van der Waals surface area contributed by atoms with E-state index >= 15 is 0 Å². The fourth-order valence-electron chi connectivity index (χ4n) is 3.18. The summed E-state index contributed by atoms with van der Waals surface area (Å²) in [4.78, 5) is 16.2. The van der Waals surface area contributed by atoms with E-state index < -0.39 is 5.97 Å². The summed E-state index contributed by atoms with van der Waals surface area (Å²) in [7, 11) is 0. The van der Waals surface area contributed by atoms with E-state index in [9.17, 15) is 9.90 Å². The van der Waals surface area contributed by atoms with Crippen LogP contribution in [-0.2, 0) is 6.42 Å². The Hall–Kier alpha value is -3.03. The minimum atomic E-state index is -0.999. The largest absolute Gasteiger partial charge is 0.493 e. The first-order valence-corrected chi connectivity index (χ1v) is 9.88. The zero-order valence-electron chi connectivity index (χ0n) is 14.9. The summed E-state index contributed by atoms with van der Waals surface area (Å²) < 4.78 is 2.01. The van der Waals surface area contributed by atoms with Gasteiger partial charge in [0.25, 0.3) is 0 Å². The van der Waals surface area contributed by atoms with Gasteiger partial charge in [-0.15, -0.1) is 11.3 Å². The van der Waals surface area contributed by atoms with Crippen LogP contribution in [0.4, 0.5) is 5.69 Å². The Morgan fingerprint density at radius 2 is 2.00 bits per heavy atom. The van der Waals surface area contributed by atoms with E-state index in [1.807, 2.05) is 18.2 Å². The molecule has 0 amide bonds. The summed E-state index contributed by atoms with van der Waals surface area (Å²) in [5, 5.41) is 19.8. The van der Waals surface area contributed by atoms with Gasteiger partial charge in [-0.25, -0.2) is 4.79 Å². The number of aromatic hydroxyl groups is 1. The third kappa shape index (κ3) is 3.08. The number of thiazole rings is 1. The summed E-state index contributed by atoms with van der Waals surface area (Å²) >= 11 is 6.72. The van der Waals surface area contributed by atoms with Crippen LogP contribution in [-0.4, -0.2) is 27.0 Å². The average Bonchev–Trinajstić information content (AvgIpc) is 3.22. The van der Waals surface area contributed by atoms with Crippen LogP contribution in [0.3, 0.4) is 0 Å². The number of benzene rings is 2. The Balaban J connectivity index is 1.76. The fraction of sp³-hybridized carbons (Fsp3) is 0.0952. The molecule has 2 N–H and O–H groups in total. The van der Waals surface area contributed by atoms with E-state index in [-0.39, 0.29) is 11.4 Å². The Morgan fingerprint density at radius 1 is 1.25 bits per heavy atom. The first-order chi connectivity index (χ1) is 13.5. The predicted octanol–water partition coefficient (Wildman–Crippen LogP) is 5.49. The molecular weight excluding hydrogens is 392 g/mol. The van der Waals surface area contributed by atoms with E-state index in [2.05, 4.69) is 18.0 Å². The molecule has 0 saturated heterocycles. The number of para-hydroxylation sites is 1. The van der Waals surface area contributed by atoms with Crippen molar-refractivity contribution in [1.29, 1.82) is 0 Å². The normalized spacial score (nSPS) is 13.8. The van der Waals surface area contributed by atoms with Crippen molar-refractivity contribution in [3.05, 3.63) is 68.0 Å². The molecule has 5 nitrogen and oxygen atoms in total. The summed E-state index contributed by atoms with van der Waals surface area (Å²) in [5.74, 6) is -0.972. The molecule has 3 aromatic rings. The van der Waals surface area contributed by atoms with Gasteiger partial charge in [-0.2, -0.15) is 0 Å². The van der Waals surface area contributed by atoms with Crippen molar-refractivity contribution in [3.63, 3.8) is 0 Å². The Bertz CT molecular complexity index is 1200. The quantitative estimate of drug-likeness (QED) is 0.560. The molecule has 0 radical (unpaired) electrons. The maximum atomic E-state index is 11.0. The highest BCUT2D eigenvalue weighted by atomic mass is 32.1. The van der Waals surface area contributed by atoms with Crippen molar-refractivity contribution in [3.8, 4) is 11.6 Å². The minimum Gasteiger partial charge on any atom is -0.493 e. The van der Waals surface area contributed by atoms with E-state index in [1.54, 1.807) is 18.3 Å². The minimum absolute atomic E-state index is 0.0269. The number of carboxylic acids is 1. The summed E-state index contributed by atoms with van der Waals surface area (Å²) in [6.45, 7) is 2.10. The van der Waals surface area contributed by atoms with Gasteiger partial charge in [0.15, 0.2) is 3.95 Å². The molecule has 0 bridgehead atoms. The van der Waals surface area contributed by atoms with Crippen molar-refractivity contribution in [1.82, 2.24) is 4.57 Å². The topological polar surface area (TPSA) is 74.8 Å². The predicted molar refractivity (Wildman–Crippen MR) is 115 cm³/mol. The SMILES string of the molecule is CCc1cccc2c1N=C/C2=C\c1sc(=S)n(-c2ccc(C(=O)O)cc2)c1O. The van der Waals surface area contributed by atoms with Crippen LogP contribution in [0.15, 0.2) is 47.5 Å². The second-order valence-corrected chi connectivity index (χ2v) is 7.94. The van der Waals surface area contributed by atoms with Crippen molar-refractivity contribution >= 4 is 53.1 Å². The number of aryl methyl sites for hydroxylation is 1. The van der Waals surface area contributed by atoms with E-state index in [0.717, 1.165) is 23.2 Å². The van der Waals surface area contributed by atoms with Gasteiger partial charge in [0, 0.05) is 17.4 Å². The van der Waals surface area contributed by atoms with Gasteiger partial charge in [-0.05, 0) is 54.5 Å².